The number of rotatable bonds is 6. The second-order valence-corrected chi connectivity index (χ2v) is 7.10. The van der Waals surface area contributed by atoms with Crippen molar-refractivity contribution < 1.29 is 0 Å². The van der Waals surface area contributed by atoms with Crippen LogP contribution in [0.25, 0.3) is 0 Å². The quantitative estimate of drug-likeness (QED) is 0.853. The molecule has 2 nitrogen and oxygen atoms in total. The van der Waals surface area contributed by atoms with E-state index in [4.69, 9.17) is 0 Å². The summed E-state index contributed by atoms with van der Waals surface area (Å²) in [4.78, 5) is 2.72. The van der Waals surface area contributed by atoms with E-state index < -0.39 is 0 Å². The van der Waals surface area contributed by atoms with Crippen molar-refractivity contribution >= 4 is 0 Å². The lowest BCUT2D eigenvalue weighted by molar-refractivity contribution is 0.0787. The first kappa shape index (κ1) is 16.5. The standard InChI is InChI=1S/C19H32N2/c1-5-16(4)19-12-20-18(11-15(2)3)14-21(19)13-17-9-7-6-8-10-17/h6-10,15-16,18-20H,5,11-14H2,1-4H3. The van der Waals surface area contributed by atoms with E-state index in [0.717, 1.165) is 24.9 Å². The molecule has 0 radical (unpaired) electrons. The van der Waals surface area contributed by atoms with Gasteiger partial charge in [-0.2, -0.15) is 0 Å². The van der Waals surface area contributed by atoms with Crippen molar-refractivity contribution in [1.82, 2.24) is 10.2 Å². The molecule has 2 heteroatoms. The molecule has 1 aliphatic heterocycles. The molecular formula is C19H32N2. The predicted octanol–water partition coefficient (Wildman–Crippen LogP) is 3.92. The molecule has 0 saturated carbocycles. The van der Waals surface area contributed by atoms with Gasteiger partial charge in [0, 0.05) is 31.7 Å². The van der Waals surface area contributed by atoms with Crippen molar-refractivity contribution in [3.8, 4) is 0 Å². The van der Waals surface area contributed by atoms with Gasteiger partial charge in [-0.25, -0.2) is 0 Å². The van der Waals surface area contributed by atoms with Gasteiger partial charge in [0.1, 0.15) is 0 Å². The molecule has 0 spiro atoms. The molecule has 1 fully saturated rings. The summed E-state index contributed by atoms with van der Waals surface area (Å²) in [5, 5.41) is 3.79. The first-order valence-electron chi connectivity index (χ1n) is 8.61. The summed E-state index contributed by atoms with van der Waals surface area (Å²) in [7, 11) is 0. The Labute approximate surface area is 130 Å². The lowest BCUT2D eigenvalue weighted by atomic mass is 9.92. The molecule has 0 aliphatic carbocycles. The van der Waals surface area contributed by atoms with Gasteiger partial charge in [-0.3, -0.25) is 4.90 Å². The number of nitrogens with zero attached hydrogens (tertiary/aromatic N) is 1. The second-order valence-electron chi connectivity index (χ2n) is 7.10. The van der Waals surface area contributed by atoms with Crippen molar-refractivity contribution in [3.63, 3.8) is 0 Å². The SMILES string of the molecule is CCC(C)C1CNC(CC(C)C)CN1Cc1ccccc1. The fourth-order valence-electron chi connectivity index (χ4n) is 3.46. The normalized spacial score (nSPS) is 25.2. The summed E-state index contributed by atoms with van der Waals surface area (Å²) in [5.41, 5.74) is 1.44. The minimum Gasteiger partial charge on any atom is -0.311 e. The molecule has 21 heavy (non-hydrogen) atoms. The van der Waals surface area contributed by atoms with Crippen molar-refractivity contribution in [1.29, 1.82) is 0 Å². The third kappa shape index (κ3) is 4.82. The van der Waals surface area contributed by atoms with E-state index in [9.17, 15) is 0 Å². The van der Waals surface area contributed by atoms with E-state index in [1.807, 2.05) is 0 Å². The van der Waals surface area contributed by atoms with Crippen molar-refractivity contribution in [3.05, 3.63) is 35.9 Å². The summed E-state index contributed by atoms with van der Waals surface area (Å²) >= 11 is 0. The van der Waals surface area contributed by atoms with Gasteiger partial charge in [0.05, 0.1) is 0 Å². The van der Waals surface area contributed by atoms with Gasteiger partial charge in [-0.15, -0.1) is 0 Å². The van der Waals surface area contributed by atoms with Gasteiger partial charge in [-0.1, -0.05) is 64.4 Å². The number of hydrogen-bond acceptors (Lipinski definition) is 2. The second kappa shape index (κ2) is 7.95. The zero-order chi connectivity index (χ0) is 15.2. The Balaban J connectivity index is 2.05. The van der Waals surface area contributed by atoms with Crippen LogP contribution in [0.3, 0.4) is 0 Å². The van der Waals surface area contributed by atoms with E-state index in [-0.39, 0.29) is 0 Å². The molecule has 1 aromatic carbocycles. The average Bonchev–Trinajstić information content (AvgIpc) is 2.47. The fourth-order valence-corrected chi connectivity index (χ4v) is 3.46. The molecule has 1 aliphatic rings. The van der Waals surface area contributed by atoms with Crippen LogP contribution < -0.4 is 5.32 Å². The van der Waals surface area contributed by atoms with E-state index >= 15 is 0 Å². The largest absolute Gasteiger partial charge is 0.311 e. The van der Waals surface area contributed by atoms with Gasteiger partial charge in [-0.05, 0) is 23.8 Å². The van der Waals surface area contributed by atoms with E-state index in [2.05, 4.69) is 68.2 Å². The zero-order valence-corrected chi connectivity index (χ0v) is 14.2. The van der Waals surface area contributed by atoms with Crippen LogP contribution >= 0.6 is 0 Å². The summed E-state index contributed by atoms with van der Waals surface area (Å²) in [5.74, 6) is 1.52. The minimum atomic E-state index is 0.647. The predicted molar refractivity (Wildman–Crippen MR) is 91.3 cm³/mol. The van der Waals surface area contributed by atoms with Crippen molar-refractivity contribution in [2.45, 2.75) is 59.2 Å². The van der Waals surface area contributed by atoms with E-state index in [0.29, 0.717) is 12.1 Å². The highest BCUT2D eigenvalue weighted by atomic mass is 15.2. The van der Waals surface area contributed by atoms with Crippen molar-refractivity contribution in [2.75, 3.05) is 13.1 Å². The van der Waals surface area contributed by atoms with Crippen LogP contribution in [0, 0.1) is 11.8 Å². The topological polar surface area (TPSA) is 15.3 Å². The lowest BCUT2D eigenvalue weighted by Gasteiger charge is -2.43. The number of benzene rings is 1. The number of nitrogens with one attached hydrogen (secondary N) is 1. The number of hydrogen-bond donors (Lipinski definition) is 1. The average molecular weight is 288 g/mol. The Bertz CT molecular complexity index is 401. The highest BCUT2D eigenvalue weighted by Gasteiger charge is 2.30. The molecule has 118 valence electrons. The molecular weight excluding hydrogens is 256 g/mol. The van der Waals surface area contributed by atoms with Gasteiger partial charge in [0.25, 0.3) is 0 Å². The van der Waals surface area contributed by atoms with Crippen LogP contribution in [-0.2, 0) is 6.54 Å². The van der Waals surface area contributed by atoms with Gasteiger partial charge in [0.15, 0.2) is 0 Å². The first-order chi connectivity index (χ1) is 10.1. The monoisotopic (exact) mass is 288 g/mol. The third-order valence-corrected chi connectivity index (χ3v) is 4.82. The summed E-state index contributed by atoms with van der Waals surface area (Å²) < 4.78 is 0. The molecule has 0 amide bonds. The van der Waals surface area contributed by atoms with Crippen LogP contribution in [0.2, 0.25) is 0 Å². The Morgan fingerprint density at radius 2 is 1.90 bits per heavy atom. The maximum Gasteiger partial charge on any atom is 0.0250 e. The molecule has 1 heterocycles. The molecule has 1 N–H and O–H groups in total. The smallest absolute Gasteiger partial charge is 0.0250 e. The van der Waals surface area contributed by atoms with Gasteiger partial charge >= 0.3 is 0 Å². The first-order valence-corrected chi connectivity index (χ1v) is 8.61. The van der Waals surface area contributed by atoms with Gasteiger partial charge < -0.3 is 5.32 Å². The molecule has 1 saturated heterocycles. The lowest BCUT2D eigenvalue weighted by Crippen LogP contribution is -2.58. The third-order valence-electron chi connectivity index (χ3n) is 4.82. The molecule has 0 aromatic heterocycles. The van der Waals surface area contributed by atoms with Crippen LogP contribution in [0.15, 0.2) is 30.3 Å². The highest BCUT2D eigenvalue weighted by molar-refractivity contribution is 5.15. The summed E-state index contributed by atoms with van der Waals surface area (Å²) in [6.07, 6.45) is 2.53. The highest BCUT2D eigenvalue weighted by Crippen LogP contribution is 2.22. The van der Waals surface area contributed by atoms with E-state index in [1.165, 1.54) is 24.9 Å². The molecule has 0 bridgehead atoms. The van der Waals surface area contributed by atoms with Crippen LogP contribution in [-0.4, -0.2) is 30.1 Å². The minimum absolute atomic E-state index is 0.647. The van der Waals surface area contributed by atoms with Crippen molar-refractivity contribution in [2.24, 2.45) is 11.8 Å². The van der Waals surface area contributed by atoms with Crippen LogP contribution in [0.4, 0.5) is 0 Å². The Hall–Kier alpha value is -0.860. The molecule has 1 aromatic rings. The van der Waals surface area contributed by atoms with Gasteiger partial charge in [0.2, 0.25) is 0 Å². The maximum atomic E-state index is 3.79. The zero-order valence-electron chi connectivity index (χ0n) is 14.2. The summed E-state index contributed by atoms with van der Waals surface area (Å²) in [6, 6.07) is 12.2. The molecule has 2 rings (SSSR count). The maximum absolute atomic E-state index is 3.79. The number of piperazine rings is 1. The van der Waals surface area contributed by atoms with Crippen LogP contribution in [0.1, 0.15) is 46.1 Å². The van der Waals surface area contributed by atoms with Crippen LogP contribution in [0.5, 0.6) is 0 Å². The Morgan fingerprint density at radius 1 is 1.19 bits per heavy atom. The fraction of sp³-hybridized carbons (Fsp3) is 0.684. The molecule has 3 atom stereocenters. The molecule has 3 unspecified atom stereocenters. The van der Waals surface area contributed by atoms with E-state index in [1.54, 1.807) is 0 Å². The Morgan fingerprint density at radius 3 is 2.52 bits per heavy atom. The Kier molecular flexibility index (Phi) is 6.25. The summed E-state index contributed by atoms with van der Waals surface area (Å²) in [6.45, 7) is 12.8.